The van der Waals surface area contributed by atoms with Gasteiger partial charge < -0.3 is 19.8 Å². The van der Waals surface area contributed by atoms with Gasteiger partial charge in [-0.2, -0.15) is 9.97 Å². The molecule has 2 N–H and O–H groups in total. The number of ether oxygens (including phenoxy) is 2. The fourth-order valence-corrected chi connectivity index (χ4v) is 2.73. The van der Waals surface area contributed by atoms with E-state index in [0.29, 0.717) is 29.9 Å². The highest BCUT2D eigenvalue weighted by Gasteiger charge is 2.14. The summed E-state index contributed by atoms with van der Waals surface area (Å²) in [5.74, 6) is 2.05. The van der Waals surface area contributed by atoms with Gasteiger partial charge in [0.1, 0.15) is 11.5 Å². The highest BCUT2D eigenvalue weighted by atomic mass is 16.5. The van der Waals surface area contributed by atoms with E-state index >= 15 is 0 Å². The first-order valence-electron chi connectivity index (χ1n) is 8.36. The van der Waals surface area contributed by atoms with E-state index in [2.05, 4.69) is 30.2 Å². The monoisotopic (exact) mass is 362 g/mol. The number of anilines is 1. The number of fused-ring (bicyclic) bond motifs is 1. The molecule has 0 saturated heterocycles. The van der Waals surface area contributed by atoms with Crippen LogP contribution >= 0.6 is 0 Å². The van der Waals surface area contributed by atoms with Gasteiger partial charge in [0.05, 0.1) is 32.5 Å². The molecule has 8 nitrogen and oxygen atoms in total. The molecule has 4 rings (SSSR count). The molecule has 136 valence electrons. The Balaban J connectivity index is 1.75. The third kappa shape index (κ3) is 3.50. The highest BCUT2D eigenvalue weighted by molar-refractivity contribution is 5.93. The molecule has 0 aliphatic carbocycles. The van der Waals surface area contributed by atoms with Crippen molar-refractivity contribution < 1.29 is 9.47 Å². The minimum Gasteiger partial charge on any atom is -0.481 e. The van der Waals surface area contributed by atoms with Gasteiger partial charge in [0, 0.05) is 23.3 Å². The minimum atomic E-state index is 0.431. The number of hydrogen-bond acceptors (Lipinski definition) is 7. The molecule has 0 bridgehead atoms. The minimum absolute atomic E-state index is 0.431. The zero-order valence-electron chi connectivity index (χ0n) is 14.9. The zero-order valence-corrected chi connectivity index (χ0v) is 14.9. The molecule has 0 unspecified atom stereocenters. The number of hydrogen-bond donors (Lipinski definition) is 2. The summed E-state index contributed by atoms with van der Waals surface area (Å²) >= 11 is 0. The maximum Gasteiger partial charge on any atom is 0.220 e. The van der Waals surface area contributed by atoms with Gasteiger partial charge in [-0.05, 0) is 24.3 Å². The maximum absolute atomic E-state index is 5.27. The number of pyridine rings is 2. The molecule has 4 heterocycles. The Kier molecular flexibility index (Phi) is 4.52. The van der Waals surface area contributed by atoms with Crippen molar-refractivity contribution in [3.8, 4) is 23.1 Å². The lowest BCUT2D eigenvalue weighted by atomic mass is 10.1. The number of rotatable bonds is 6. The summed E-state index contributed by atoms with van der Waals surface area (Å²) in [7, 11) is 3.12. The van der Waals surface area contributed by atoms with E-state index in [4.69, 9.17) is 9.47 Å². The quantitative estimate of drug-likeness (QED) is 0.544. The largest absolute Gasteiger partial charge is 0.481 e. The first kappa shape index (κ1) is 16.8. The van der Waals surface area contributed by atoms with Crippen molar-refractivity contribution in [1.29, 1.82) is 0 Å². The molecule has 0 amide bonds. The van der Waals surface area contributed by atoms with Gasteiger partial charge in [-0.1, -0.05) is 6.07 Å². The van der Waals surface area contributed by atoms with Crippen LogP contribution in [0.25, 0.3) is 22.4 Å². The molecule has 0 aromatic carbocycles. The van der Waals surface area contributed by atoms with Crippen LogP contribution in [0.4, 0.5) is 5.82 Å². The van der Waals surface area contributed by atoms with Crippen molar-refractivity contribution in [2.24, 2.45) is 0 Å². The summed E-state index contributed by atoms with van der Waals surface area (Å²) in [4.78, 5) is 21.0. The second-order valence-electron chi connectivity index (χ2n) is 5.75. The van der Waals surface area contributed by atoms with Crippen LogP contribution in [-0.2, 0) is 6.54 Å². The van der Waals surface area contributed by atoms with Crippen molar-refractivity contribution in [2.75, 3.05) is 19.5 Å². The van der Waals surface area contributed by atoms with E-state index in [1.54, 1.807) is 26.5 Å². The van der Waals surface area contributed by atoms with Gasteiger partial charge in [0.2, 0.25) is 11.8 Å². The fraction of sp³-hybridized carbons (Fsp3) is 0.158. The lowest BCUT2D eigenvalue weighted by molar-refractivity contribution is 0.373. The Morgan fingerprint density at radius 3 is 2.52 bits per heavy atom. The average Bonchev–Trinajstić information content (AvgIpc) is 3.20. The zero-order chi connectivity index (χ0) is 18.6. The van der Waals surface area contributed by atoms with Crippen LogP contribution in [0.15, 0.2) is 48.8 Å². The predicted octanol–water partition coefficient (Wildman–Crippen LogP) is 3.04. The molecule has 0 radical (unpaired) electrons. The van der Waals surface area contributed by atoms with Gasteiger partial charge in [-0.3, -0.25) is 4.98 Å². The summed E-state index contributed by atoms with van der Waals surface area (Å²) in [5, 5.41) is 4.21. The van der Waals surface area contributed by atoms with E-state index in [9.17, 15) is 0 Å². The summed E-state index contributed by atoms with van der Waals surface area (Å²) in [6.45, 7) is 0.557. The number of aromatic amines is 1. The molecule has 0 aliphatic rings. The molecule has 4 aromatic heterocycles. The third-order valence-electron chi connectivity index (χ3n) is 4.04. The van der Waals surface area contributed by atoms with Crippen molar-refractivity contribution in [3.63, 3.8) is 0 Å². The van der Waals surface area contributed by atoms with Gasteiger partial charge in [-0.15, -0.1) is 0 Å². The average molecular weight is 362 g/mol. The first-order chi connectivity index (χ1) is 13.3. The van der Waals surface area contributed by atoms with Gasteiger partial charge in [-0.25, -0.2) is 4.98 Å². The number of nitrogens with zero attached hydrogens (tertiary/aromatic N) is 4. The molecular weight excluding hydrogens is 344 g/mol. The van der Waals surface area contributed by atoms with E-state index in [1.165, 1.54) is 0 Å². The molecule has 0 aliphatic heterocycles. The predicted molar refractivity (Wildman–Crippen MR) is 102 cm³/mol. The third-order valence-corrected chi connectivity index (χ3v) is 4.04. The Morgan fingerprint density at radius 1 is 1.00 bits per heavy atom. The standard InChI is InChI=1S/C19H18N6O2/c1-26-16-10-17(27-2)25-19(24-16)14-9-15(23-18-13(14)6-8-21-18)22-11-12-5-3-4-7-20-12/h3-10H,11H2,1-2H3,(H2,21,22,23). The van der Waals surface area contributed by atoms with Crippen LogP contribution in [0.1, 0.15) is 5.69 Å². The van der Waals surface area contributed by atoms with Gasteiger partial charge >= 0.3 is 0 Å². The first-order valence-corrected chi connectivity index (χ1v) is 8.36. The van der Waals surface area contributed by atoms with Crippen LogP contribution in [0.3, 0.4) is 0 Å². The Bertz CT molecular complexity index is 1040. The second-order valence-corrected chi connectivity index (χ2v) is 5.75. The summed E-state index contributed by atoms with van der Waals surface area (Å²) in [5.41, 5.74) is 2.48. The normalized spacial score (nSPS) is 10.7. The van der Waals surface area contributed by atoms with Crippen molar-refractivity contribution >= 4 is 16.9 Å². The van der Waals surface area contributed by atoms with Crippen LogP contribution in [0.5, 0.6) is 11.8 Å². The highest BCUT2D eigenvalue weighted by Crippen LogP contribution is 2.30. The topological polar surface area (TPSA) is 97.8 Å². The molecule has 8 heteroatoms. The second kappa shape index (κ2) is 7.28. The lowest BCUT2D eigenvalue weighted by Crippen LogP contribution is -2.04. The molecule has 0 atom stereocenters. The van der Waals surface area contributed by atoms with Crippen LogP contribution < -0.4 is 14.8 Å². The molecule has 4 aromatic rings. The van der Waals surface area contributed by atoms with Crippen molar-refractivity contribution in [1.82, 2.24) is 24.9 Å². The Labute approximate surface area is 155 Å². The summed E-state index contributed by atoms with van der Waals surface area (Å²) in [6, 6.07) is 11.3. The molecule has 0 fully saturated rings. The van der Waals surface area contributed by atoms with Gasteiger partial charge in [0.25, 0.3) is 0 Å². The van der Waals surface area contributed by atoms with Crippen molar-refractivity contribution in [2.45, 2.75) is 6.54 Å². The maximum atomic E-state index is 5.27. The Hall–Kier alpha value is -3.68. The van der Waals surface area contributed by atoms with Crippen LogP contribution in [-0.4, -0.2) is 39.1 Å². The number of methoxy groups -OCH3 is 2. The summed E-state index contributed by atoms with van der Waals surface area (Å²) < 4.78 is 10.5. The van der Waals surface area contributed by atoms with E-state index in [0.717, 1.165) is 22.3 Å². The van der Waals surface area contributed by atoms with E-state index in [1.807, 2.05) is 36.5 Å². The lowest BCUT2D eigenvalue weighted by Gasteiger charge is -2.10. The molecule has 0 saturated carbocycles. The SMILES string of the molecule is COc1cc(OC)nc(-c2cc(NCc3ccccn3)nc3[nH]ccc23)n1. The van der Waals surface area contributed by atoms with Crippen LogP contribution in [0, 0.1) is 0 Å². The number of H-pyrrole nitrogens is 1. The summed E-state index contributed by atoms with van der Waals surface area (Å²) in [6.07, 6.45) is 3.60. The van der Waals surface area contributed by atoms with Crippen molar-refractivity contribution in [3.05, 3.63) is 54.5 Å². The van der Waals surface area contributed by atoms with E-state index < -0.39 is 0 Å². The molecule has 27 heavy (non-hydrogen) atoms. The van der Waals surface area contributed by atoms with Crippen LogP contribution in [0.2, 0.25) is 0 Å². The molecular formula is C19H18N6O2. The molecule has 0 spiro atoms. The number of nitrogens with one attached hydrogen (secondary N) is 2. The fourth-order valence-electron chi connectivity index (χ4n) is 2.73. The number of aromatic nitrogens is 5. The Morgan fingerprint density at radius 2 is 1.81 bits per heavy atom. The van der Waals surface area contributed by atoms with E-state index in [-0.39, 0.29) is 0 Å². The smallest absolute Gasteiger partial charge is 0.220 e. The van der Waals surface area contributed by atoms with Gasteiger partial charge in [0.15, 0.2) is 5.82 Å².